The summed E-state index contributed by atoms with van der Waals surface area (Å²) < 4.78 is 0. The molecule has 0 N–H and O–H groups in total. The van der Waals surface area contributed by atoms with E-state index in [2.05, 4.69) is 51.2 Å². The van der Waals surface area contributed by atoms with Crippen molar-refractivity contribution in [3.8, 4) is 0 Å². The van der Waals surface area contributed by atoms with E-state index in [9.17, 15) is 0 Å². The smallest absolute Gasteiger partial charge is 0.0462 e. The summed E-state index contributed by atoms with van der Waals surface area (Å²) in [7, 11) is 4.14. The molecule has 2 heteroatoms. The Labute approximate surface area is 88.6 Å². The van der Waals surface area contributed by atoms with Crippen molar-refractivity contribution in [1.29, 1.82) is 0 Å². The lowest BCUT2D eigenvalue weighted by atomic mass is 9.87. The lowest BCUT2D eigenvalue weighted by Gasteiger charge is -2.46. The second-order valence-electron chi connectivity index (χ2n) is 5.02. The van der Waals surface area contributed by atoms with Crippen LogP contribution in [-0.4, -0.2) is 43.0 Å². The number of likely N-dealkylation sites (tertiary alicyclic amines) is 1. The van der Waals surface area contributed by atoms with E-state index in [0.717, 1.165) is 11.8 Å². The summed E-state index contributed by atoms with van der Waals surface area (Å²) in [6.45, 7) is 13.5. The molecule has 0 aromatic rings. The maximum Gasteiger partial charge on any atom is 0.0462 e. The van der Waals surface area contributed by atoms with Crippen LogP contribution in [0.5, 0.6) is 0 Å². The first-order valence-corrected chi connectivity index (χ1v) is 5.53. The van der Waals surface area contributed by atoms with Gasteiger partial charge < -0.3 is 4.90 Å². The monoisotopic (exact) mass is 196 g/mol. The summed E-state index contributed by atoms with van der Waals surface area (Å²) in [4.78, 5) is 4.63. The fraction of sp³-hybridized carbons (Fsp3) is 0.833. The summed E-state index contributed by atoms with van der Waals surface area (Å²) in [5.41, 5.74) is 1.22. The number of rotatable bonds is 4. The molecule has 0 radical (unpaired) electrons. The first kappa shape index (κ1) is 11.6. The average molecular weight is 196 g/mol. The fourth-order valence-corrected chi connectivity index (χ4v) is 1.87. The standard InChI is InChI=1S/C12H24N2/c1-9(2)12-7-14(8-12)11(4)10(3)13(5)6/h9,11-12H,3,7-8H2,1-2,4-6H3/t11-/m0/s1. The van der Waals surface area contributed by atoms with E-state index < -0.39 is 0 Å². The van der Waals surface area contributed by atoms with Crippen LogP contribution in [0, 0.1) is 11.8 Å². The Morgan fingerprint density at radius 1 is 1.29 bits per heavy atom. The summed E-state index contributed by atoms with van der Waals surface area (Å²) in [6.07, 6.45) is 0. The molecule has 0 bridgehead atoms. The molecule has 0 spiro atoms. The van der Waals surface area contributed by atoms with Crippen molar-refractivity contribution in [1.82, 2.24) is 9.80 Å². The molecule has 0 saturated carbocycles. The molecule has 0 aliphatic carbocycles. The Balaban J connectivity index is 2.36. The van der Waals surface area contributed by atoms with Gasteiger partial charge in [-0.2, -0.15) is 0 Å². The molecule has 1 aliphatic heterocycles. The topological polar surface area (TPSA) is 6.48 Å². The van der Waals surface area contributed by atoms with Crippen LogP contribution < -0.4 is 0 Å². The number of hydrogen-bond donors (Lipinski definition) is 0. The second kappa shape index (κ2) is 4.35. The lowest BCUT2D eigenvalue weighted by Crippen LogP contribution is -2.54. The van der Waals surface area contributed by atoms with Gasteiger partial charge in [-0.15, -0.1) is 0 Å². The molecule has 0 aromatic heterocycles. The Morgan fingerprint density at radius 2 is 1.79 bits per heavy atom. The number of hydrogen-bond acceptors (Lipinski definition) is 2. The minimum atomic E-state index is 0.500. The Hall–Kier alpha value is -0.500. The molecular formula is C12H24N2. The largest absolute Gasteiger partial charge is 0.380 e. The maximum atomic E-state index is 4.11. The molecule has 0 unspecified atom stereocenters. The van der Waals surface area contributed by atoms with Crippen molar-refractivity contribution in [2.24, 2.45) is 11.8 Å². The molecular weight excluding hydrogens is 172 g/mol. The van der Waals surface area contributed by atoms with E-state index in [1.165, 1.54) is 18.8 Å². The van der Waals surface area contributed by atoms with Gasteiger partial charge in [0, 0.05) is 38.9 Å². The highest BCUT2D eigenvalue weighted by atomic mass is 15.2. The molecule has 1 saturated heterocycles. The molecule has 82 valence electrons. The predicted molar refractivity (Wildman–Crippen MR) is 62.2 cm³/mol. The normalized spacial score (nSPS) is 20.7. The van der Waals surface area contributed by atoms with E-state index in [0.29, 0.717) is 6.04 Å². The van der Waals surface area contributed by atoms with Gasteiger partial charge in [-0.25, -0.2) is 0 Å². The van der Waals surface area contributed by atoms with E-state index in [1.807, 2.05) is 0 Å². The summed E-state index contributed by atoms with van der Waals surface area (Å²) >= 11 is 0. The third kappa shape index (κ3) is 2.30. The van der Waals surface area contributed by atoms with E-state index in [-0.39, 0.29) is 0 Å². The number of likely N-dealkylation sites (N-methyl/N-ethyl adjacent to an activating group) is 1. The zero-order chi connectivity index (χ0) is 10.9. The fourth-order valence-electron chi connectivity index (χ4n) is 1.87. The van der Waals surface area contributed by atoms with Crippen molar-refractivity contribution >= 4 is 0 Å². The molecule has 2 nitrogen and oxygen atoms in total. The molecule has 1 fully saturated rings. The van der Waals surface area contributed by atoms with Crippen LogP contribution in [0.1, 0.15) is 20.8 Å². The van der Waals surface area contributed by atoms with Gasteiger partial charge in [0.25, 0.3) is 0 Å². The van der Waals surface area contributed by atoms with E-state index in [1.54, 1.807) is 0 Å². The van der Waals surface area contributed by atoms with Gasteiger partial charge in [0.15, 0.2) is 0 Å². The summed E-state index contributed by atoms with van der Waals surface area (Å²) in [6, 6.07) is 0.500. The Bertz CT molecular complexity index is 202. The zero-order valence-corrected chi connectivity index (χ0v) is 10.2. The van der Waals surface area contributed by atoms with Gasteiger partial charge in [-0.05, 0) is 18.8 Å². The van der Waals surface area contributed by atoms with Crippen molar-refractivity contribution in [3.63, 3.8) is 0 Å². The predicted octanol–water partition coefficient (Wildman–Crippen LogP) is 2.04. The molecule has 0 amide bonds. The van der Waals surface area contributed by atoms with Crippen molar-refractivity contribution in [3.05, 3.63) is 12.3 Å². The van der Waals surface area contributed by atoms with Gasteiger partial charge in [0.05, 0.1) is 0 Å². The van der Waals surface area contributed by atoms with Crippen LogP contribution in [0.2, 0.25) is 0 Å². The summed E-state index contributed by atoms with van der Waals surface area (Å²) in [5.74, 6) is 1.72. The van der Waals surface area contributed by atoms with Crippen LogP contribution in [0.25, 0.3) is 0 Å². The van der Waals surface area contributed by atoms with E-state index >= 15 is 0 Å². The zero-order valence-electron chi connectivity index (χ0n) is 10.2. The van der Waals surface area contributed by atoms with Gasteiger partial charge in [-0.1, -0.05) is 20.4 Å². The minimum absolute atomic E-state index is 0.500. The average Bonchev–Trinajstić information content (AvgIpc) is 1.98. The third-order valence-electron chi connectivity index (χ3n) is 3.49. The Kier molecular flexibility index (Phi) is 3.59. The maximum absolute atomic E-state index is 4.11. The second-order valence-corrected chi connectivity index (χ2v) is 5.02. The molecule has 1 atom stereocenters. The molecule has 0 aromatic carbocycles. The van der Waals surface area contributed by atoms with Gasteiger partial charge in [0.2, 0.25) is 0 Å². The highest BCUT2D eigenvalue weighted by Crippen LogP contribution is 2.27. The molecule has 14 heavy (non-hydrogen) atoms. The van der Waals surface area contributed by atoms with Crippen LogP contribution in [0.3, 0.4) is 0 Å². The molecule has 1 aliphatic rings. The van der Waals surface area contributed by atoms with Gasteiger partial charge in [-0.3, -0.25) is 4.90 Å². The van der Waals surface area contributed by atoms with Crippen LogP contribution >= 0.6 is 0 Å². The van der Waals surface area contributed by atoms with Gasteiger partial charge in [0.1, 0.15) is 0 Å². The SMILES string of the molecule is C=C([C@H](C)N1CC(C(C)C)C1)N(C)C. The first-order valence-electron chi connectivity index (χ1n) is 5.53. The third-order valence-corrected chi connectivity index (χ3v) is 3.49. The van der Waals surface area contributed by atoms with E-state index in [4.69, 9.17) is 0 Å². The first-order chi connectivity index (χ1) is 6.43. The molecule has 1 heterocycles. The van der Waals surface area contributed by atoms with Crippen LogP contribution in [0.15, 0.2) is 12.3 Å². The number of nitrogens with zero attached hydrogens (tertiary/aromatic N) is 2. The lowest BCUT2D eigenvalue weighted by molar-refractivity contribution is 0.0396. The molecule has 1 rings (SSSR count). The van der Waals surface area contributed by atoms with Crippen molar-refractivity contribution in [2.45, 2.75) is 26.8 Å². The quantitative estimate of drug-likeness (QED) is 0.679. The highest BCUT2D eigenvalue weighted by molar-refractivity contribution is 5.04. The minimum Gasteiger partial charge on any atom is -0.380 e. The van der Waals surface area contributed by atoms with Crippen molar-refractivity contribution in [2.75, 3.05) is 27.2 Å². The van der Waals surface area contributed by atoms with Gasteiger partial charge >= 0.3 is 0 Å². The van der Waals surface area contributed by atoms with Crippen molar-refractivity contribution < 1.29 is 0 Å². The van der Waals surface area contributed by atoms with Crippen LogP contribution in [0.4, 0.5) is 0 Å². The summed E-state index contributed by atoms with van der Waals surface area (Å²) in [5, 5.41) is 0. The van der Waals surface area contributed by atoms with Crippen LogP contribution in [-0.2, 0) is 0 Å². The highest BCUT2D eigenvalue weighted by Gasteiger charge is 2.33. The Morgan fingerprint density at radius 3 is 2.14 bits per heavy atom.